The van der Waals surface area contributed by atoms with Gasteiger partial charge in [-0.1, -0.05) is 18.2 Å². The van der Waals surface area contributed by atoms with E-state index < -0.39 is 0 Å². The number of hydrogen-bond donors (Lipinski definition) is 1. The van der Waals surface area contributed by atoms with E-state index in [-0.39, 0.29) is 22.9 Å². The number of nitrogens with one attached hydrogen (secondary N) is 1. The van der Waals surface area contributed by atoms with E-state index in [1.165, 1.54) is 6.20 Å². The maximum absolute atomic E-state index is 12.5. The van der Waals surface area contributed by atoms with Crippen molar-refractivity contribution in [2.75, 3.05) is 24.5 Å². The molecule has 6 heteroatoms. The molecule has 2 aromatic rings. The minimum Gasteiger partial charge on any atom is -0.368 e. The SMILES string of the molecule is CC1CN(c2ccccc2)CCN1C(=O)c1c[nH]ncc1=O. The molecule has 2 heterocycles. The first-order valence-electron chi connectivity index (χ1n) is 7.31. The summed E-state index contributed by atoms with van der Waals surface area (Å²) >= 11 is 0. The van der Waals surface area contributed by atoms with Crippen molar-refractivity contribution < 1.29 is 4.79 Å². The first-order valence-corrected chi connectivity index (χ1v) is 7.31. The Morgan fingerprint density at radius 3 is 2.73 bits per heavy atom. The molecule has 0 bridgehead atoms. The van der Waals surface area contributed by atoms with Crippen molar-refractivity contribution in [2.45, 2.75) is 13.0 Å². The molecular weight excluding hydrogens is 280 g/mol. The molecule has 0 spiro atoms. The van der Waals surface area contributed by atoms with Gasteiger partial charge in [0.2, 0.25) is 5.43 Å². The van der Waals surface area contributed by atoms with Crippen molar-refractivity contribution in [1.82, 2.24) is 15.1 Å². The van der Waals surface area contributed by atoms with Gasteiger partial charge < -0.3 is 9.80 Å². The summed E-state index contributed by atoms with van der Waals surface area (Å²) in [4.78, 5) is 28.3. The van der Waals surface area contributed by atoms with Gasteiger partial charge in [-0.15, -0.1) is 0 Å². The maximum Gasteiger partial charge on any atom is 0.259 e. The number of hydrogen-bond acceptors (Lipinski definition) is 4. The number of amides is 1. The highest BCUT2D eigenvalue weighted by Gasteiger charge is 2.29. The molecule has 1 amide bonds. The zero-order valence-corrected chi connectivity index (χ0v) is 12.4. The third kappa shape index (κ3) is 2.72. The number of nitrogens with zero attached hydrogens (tertiary/aromatic N) is 3. The van der Waals surface area contributed by atoms with Crippen LogP contribution in [0.2, 0.25) is 0 Å². The van der Waals surface area contributed by atoms with Gasteiger partial charge in [0.25, 0.3) is 5.91 Å². The van der Waals surface area contributed by atoms with Gasteiger partial charge in [-0.25, -0.2) is 0 Å². The van der Waals surface area contributed by atoms with Gasteiger partial charge in [0.05, 0.1) is 6.20 Å². The Bertz CT molecular complexity index is 713. The average molecular weight is 298 g/mol. The minimum absolute atomic E-state index is 0.0361. The summed E-state index contributed by atoms with van der Waals surface area (Å²) in [6.07, 6.45) is 2.51. The molecule has 1 aliphatic heterocycles. The molecule has 1 N–H and O–H groups in total. The Morgan fingerprint density at radius 1 is 1.27 bits per heavy atom. The van der Waals surface area contributed by atoms with Crippen LogP contribution in [0, 0.1) is 0 Å². The standard InChI is InChI=1S/C16H18N4O2/c1-12-11-19(13-5-3-2-4-6-13)7-8-20(12)16(22)14-9-17-18-10-15(14)21/h2-6,9-10,12H,7-8,11H2,1H3,(H,17,21). The van der Waals surface area contributed by atoms with Crippen LogP contribution >= 0.6 is 0 Å². The first kappa shape index (κ1) is 14.3. The largest absolute Gasteiger partial charge is 0.368 e. The molecule has 1 aromatic carbocycles. The summed E-state index contributed by atoms with van der Waals surface area (Å²) < 4.78 is 0. The highest BCUT2D eigenvalue weighted by molar-refractivity contribution is 5.94. The molecule has 0 radical (unpaired) electrons. The third-order valence-corrected chi connectivity index (χ3v) is 3.97. The minimum atomic E-state index is -0.346. The van der Waals surface area contributed by atoms with E-state index in [9.17, 15) is 9.59 Å². The number of aromatic nitrogens is 2. The highest BCUT2D eigenvalue weighted by Crippen LogP contribution is 2.19. The lowest BCUT2D eigenvalue weighted by molar-refractivity contribution is 0.0672. The van der Waals surface area contributed by atoms with Crippen LogP contribution in [0.4, 0.5) is 5.69 Å². The summed E-state index contributed by atoms with van der Waals surface area (Å²) in [5.41, 5.74) is 0.958. The van der Waals surface area contributed by atoms with Crippen LogP contribution in [0.25, 0.3) is 0 Å². The number of anilines is 1. The normalized spacial score (nSPS) is 18.3. The zero-order valence-electron chi connectivity index (χ0n) is 12.4. The van der Waals surface area contributed by atoms with Crippen LogP contribution in [0.5, 0.6) is 0 Å². The number of aromatic amines is 1. The van der Waals surface area contributed by atoms with E-state index in [1.54, 1.807) is 4.90 Å². The van der Waals surface area contributed by atoms with E-state index in [2.05, 4.69) is 27.2 Å². The number of rotatable bonds is 2. The molecule has 1 fully saturated rings. The predicted molar refractivity (Wildman–Crippen MR) is 84.0 cm³/mol. The number of piperazine rings is 1. The van der Waals surface area contributed by atoms with Crippen LogP contribution in [0.15, 0.2) is 47.5 Å². The molecule has 1 aromatic heterocycles. The Labute approximate surface area is 128 Å². The second-order valence-corrected chi connectivity index (χ2v) is 5.44. The molecule has 0 saturated carbocycles. The fraction of sp³-hybridized carbons (Fsp3) is 0.312. The van der Waals surface area contributed by atoms with Crippen LogP contribution in [-0.2, 0) is 0 Å². The van der Waals surface area contributed by atoms with Crippen molar-refractivity contribution in [2.24, 2.45) is 0 Å². The van der Waals surface area contributed by atoms with E-state index in [1.807, 2.05) is 25.1 Å². The quantitative estimate of drug-likeness (QED) is 0.902. The Hall–Kier alpha value is -2.63. The summed E-state index contributed by atoms with van der Waals surface area (Å²) in [6.45, 7) is 4.10. The molecule has 3 rings (SSSR count). The van der Waals surface area contributed by atoms with E-state index >= 15 is 0 Å². The summed E-state index contributed by atoms with van der Waals surface area (Å²) in [6, 6.07) is 10.2. The number of carbonyl (C=O) groups is 1. The lowest BCUT2D eigenvalue weighted by Crippen LogP contribution is -2.54. The molecule has 1 atom stereocenters. The summed E-state index contributed by atoms with van der Waals surface area (Å²) in [7, 11) is 0. The van der Waals surface area contributed by atoms with E-state index in [0.717, 1.165) is 25.0 Å². The Morgan fingerprint density at radius 2 is 2.05 bits per heavy atom. The monoisotopic (exact) mass is 298 g/mol. The molecule has 6 nitrogen and oxygen atoms in total. The van der Waals surface area contributed by atoms with Crippen molar-refractivity contribution in [3.8, 4) is 0 Å². The van der Waals surface area contributed by atoms with Gasteiger partial charge in [0.1, 0.15) is 5.56 Å². The maximum atomic E-state index is 12.5. The van der Waals surface area contributed by atoms with Gasteiger partial charge in [-0.2, -0.15) is 5.10 Å². The molecule has 1 saturated heterocycles. The molecule has 1 unspecified atom stereocenters. The third-order valence-electron chi connectivity index (χ3n) is 3.97. The van der Waals surface area contributed by atoms with Crippen LogP contribution in [0.1, 0.15) is 17.3 Å². The number of H-pyrrole nitrogens is 1. The van der Waals surface area contributed by atoms with Gasteiger partial charge >= 0.3 is 0 Å². The Balaban J connectivity index is 1.75. The number of benzene rings is 1. The second kappa shape index (κ2) is 6.01. The van der Waals surface area contributed by atoms with Gasteiger partial charge in [-0.05, 0) is 19.1 Å². The van der Waals surface area contributed by atoms with Crippen LogP contribution < -0.4 is 10.3 Å². The molecule has 114 valence electrons. The fourth-order valence-electron chi connectivity index (χ4n) is 2.79. The zero-order chi connectivity index (χ0) is 15.5. The van der Waals surface area contributed by atoms with Gasteiger partial charge in [-0.3, -0.25) is 14.7 Å². The highest BCUT2D eigenvalue weighted by atomic mass is 16.2. The molecule has 1 aliphatic rings. The number of para-hydroxylation sites is 1. The summed E-state index contributed by atoms with van der Waals surface area (Å²) in [5.74, 6) is -0.233. The van der Waals surface area contributed by atoms with Gasteiger partial charge in [0.15, 0.2) is 0 Å². The predicted octanol–water partition coefficient (Wildman–Crippen LogP) is 1.12. The van der Waals surface area contributed by atoms with Crippen molar-refractivity contribution in [3.63, 3.8) is 0 Å². The Kier molecular flexibility index (Phi) is 3.91. The fourth-order valence-corrected chi connectivity index (χ4v) is 2.79. The molecular formula is C16H18N4O2. The number of carbonyl (C=O) groups excluding carboxylic acids is 1. The molecule has 0 aliphatic carbocycles. The lowest BCUT2D eigenvalue weighted by Gasteiger charge is -2.40. The van der Waals surface area contributed by atoms with Crippen LogP contribution in [0.3, 0.4) is 0 Å². The van der Waals surface area contributed by atoms with Crippen molar-refractivity contribution in [1.29, 1.82) is 0 Å². The van der Waals surface area contributed by atoms with Gasteiger partial charge in [0, 0.05) is 37.6 Å². The summed E-state index contributed by atoms with van der Waals surface area (Å²) in [5, 5.41) is 6.19. The van der Waals surface area contributed by atoms with Crippen LogP contribution in [-0.4, -0.2) is 46.7 Å². The molecule has 22 heavy (non-hydrogen) atoms. The first-order chi connectivity index (χ1) is 10.7. The lowest BCUT2D eigenvalue weighted by atomic mass is 10.1. The van der Waals surface area contributed by atoms with E-state index in [4.69, 9.17) is 0 Å². The smallest absolute Gasteiger partial charge is 0.259 e. The second-order valence-electron chi connectivity index (χ2n) is 5.44. The van der Waals surface area contributed by atoms with Crippen molar-refractivity contribution >= 4 is 11.6 Å². The topological polar surface area (TPSA) is 69.3 Å². The van der Waals surface area contributed by atoms with E-state index in [0.29, 0.717) is 6.54 Å². The average Bonchev–Trinajstić information content (AvgIpc) is 2.55. The van der Waals surface area contributed by atoms with Crippen molar-refractivity contribution in [3.05, 3.63) is 58.5 Å².